The van der Waals surface area contributed by atoms with Gasteiger partial charge in [-0.05, 0) is 19.3 Å². The first-order valence-electron chi connectivity index (χ1n) is 8.88. The number of carboxylic acid groups (broad SMARTS) is 1. The van der Waals surface area contributed by atoms with E-state index >= 15 is 0 Å². The number of thiazole rings is 1. The molecule has 2 aromatic rings. The summed E-state index contributed by atoms with van der Waals surface area (Å²) >= 11 is 3.03. The second kappa shape index (κ2) is 7.25. The van der Waals surface area contributed by atoms with Gasteiger partial charge in [0.1, 0.15) is 5.69 Å². The number of anilines is 1. The molecule has 27 heavy (non-hydrogen) atoms. The van der Waals surface area contributed by atoms with Crippen molar-refractivity contribution in [3.05, 3.63) is 11.3 Å². The number of nitrogens with zero attached hydrogens (tertiary/aromatic N) is 3. The SMILES string of the molecule is CCC1Sc2sc(NC(C)=O)nc2-c2c1c(C(=O)O)nn2C1CCOCC1. The number of fused-ring (bicyclic) bond motifs is 3. The van der Waals surface area contributed by atoms with Crippen molar-refractivity contribution >= 4 is 40.1 Å². The standard InChI is InChI=1S/C17H20N4O4S2/c1-3-10-11-12(15(23)24)20-21(9-4-6-25-7-5-9)14(11)13-16(26-10)27-17(19-13)18-8(2)22/h9-10H,3-7H2,1-2H3,(H,23,24)(H,18,19,22). The molecule has 2 aliphatic rings. The third-order valence-electron chi connectivity index (χ3n) is 4.73. The fourth-order valence-corrected chi connectivity index (χ4v) is 6.10. The Morgan fingerprint density at radius 1 is 1.37 bits per heavy atom. The second-order valence-electron chi connectivity index (χ2n) is 6.56. The van der Waals surface area contributed by atoms with Gasteiger partial charge in [-0.1, -0.05) is 18.3 Å². The van der Waals surface area contributed by atoms with Crippen molar-refractivity contribution < 1.29 is 19.4 Å². The van der Waals surface area contributed by atoms with Gasteiger partial charge >= 0.3 is 5.97 Å². The zero-order valence-electron chi connectivity index (χ0n) is 15.0. The van der Waals surface area contributed by atoms with Gasteiger partial charge in [0.2, 0.25) is 5.91 Å². The summed E-state index contributed by atoms with van der Waals surface area (Å²) in [7, 11) is 0. The number of carbonyl (C=O) groups is 2. The van der Waals surface area contributed by atoms with E-state index in [1.807, 2.05) is 11.6 Å². The molecular formula is C17H20N4O4S2. The second-order valence-corrected chi connectivity index (χ2v) is 9.03. The third kappa shape index (κ3) is 3.26. The van der Waals surface area contributed by atoms with Crippen LogP contribution in [0.3, 0.4) is 0 Å². The number of thioether (sulfide) groups is 1. The molecule has 4 rings (SSSR count). The molecular weight excluding hydrogens is 388 g/mol. The number of ether oxygens (including phenoxy) is 1. The highest BCUT2D eigenvalue weighted by Crippen LogP contribution is 2.54. The van der Waals surface area contributed by atoms with Gasteiger partial charge in [0.25, 0.3) is 0 Å². The maximum Gasteiger partial charge on any atom is 0.356 e. The van der Waals surface area contributed by atoms with Crippen LogP contribution in [0.5, 0.6) is 0 Å². The van der Waals surface area contributed by atoms with Gasteiger partial charge in [0, 0.05) is 31.0 Å². The number of carboxylic acids is 1. The molecule has 1 fully saturated rings. The van der Waals surface area contributed by atoms with Crippen LogP contribution < -0.4 is 5.32 Å². The highest BCUT2D eigenvalue weighted by molar-refractivity contribution is 8.01. The Morgan fingerprint density at radius 3 is 2.74 bits per heavy atom. The zero-order valence-corrected chi connectivity index (χ0v) is 16.7. The minimum atomic E-state index is -1.02. The maximum absolute atomic E-state index is 11.9. The zero-order chi connectivity index (χ0) is 19.1. The summed E-state index contributed by atoms with van der Waals surface area (Å²) in [5.74, 6) is -1.20. The van der Waals surface area contributed by atoms with Crippen molar-refractivity contribution in [3.63, 3.8) is 0 Å². The van der Waals surface area contributed by atoms with E-state index < -0.39 is 5.97 Å². The summed E-state index contributed by atoms with van der Waals surface area (Å²) in [6.07, 6.45) is 2.36. The molecule has 1 amide bonds. The smallest absolute Gasteiger partial charge is 0.356 e. The van der Waals surface area contributed by atoms with E-state index in [9.17, 15) is 14.7 Å². The lowest BCUT2D eigenvalue weighted by atomic mass is 10.0. The largest absolute Gasteiger partial charge is 0.476 e. The summed E-state index contributed by atoms with van der Waals surface area (Å²) in [5.41, 5.74) is 2.36. The van der Waals surface area contributed by atoms with Crippen LogP contribution in [-0.4, -0.2) is 45.0 Å². The molecule has 0 radical (unpaired) electrons. The van der Waals surface area contributed by atoms with E-state index in [0.29, 0.717) is 18.3 Å². The molecule has 0 bridgehead atoms. The Morgan fingerprint density at radius 2 is 2.11 bits per heavy atom. The first-order chi connectivity index (χ1) is 13.0. The molecule has 1 atom stereocenters. The van der Waals surface area contributed by atoms with Crippen LogP contribution in [-0.2, 0) is 9.53 Å². The molecule has 1 saturated heterocycles. The van der Waals surface area contributed by atoms with E-state index in [2.05, 4.69) is 15.4 Å². The van der Waals surface area contributed by atoms with E-state index in [0.717, 1.165) is 40.4 Å². The van der Waals surface area contributed by atoms with Crippen molar-refractivity contribution in [2.24, 2.45) is 0 Å². The lowest BCUT2D eigenvalue weighted by Gasteiger charge is -2.26. The van der Waals surface area contributed by atoms with Crippen LogP contribution in [0.15, 0.2) is 4.21 Å². The van der Waals surface area contributed by atoms with E-state index in [1.165, 1.54) is 18.3 Å². The first kappa shape index (κ1) is 18.5. The molecule has 10 heteroatoms. The van der Waals surface area contributed by atoms with Crippen LogP contribution in [0.1, 0.15) is 60.5 Å². The summed E-state index contributed by atoms with van der Waals surface area (Å²) in [6, 6.07) is 0.0833. The van der Waals surface area contributed by atoms with Crippen molar-refractivity contribution in [2.75, 3.05) is 18.5 Å². The minimum absolute atomic E-state index is 0.00202. The number of aromatic nitrogens is 3. The Labute approximate surface area is 164 Å². The normalized spacial score (nSPS) is 19.4. The predicted molar refractivity (Wildman–Crippen MR) is 103 cm³/mol. The number of amides is 1. The molecule has 0 aromatic carbocycles. The van der Waals surface area contributed by atoms with Crippen LogP contribution in [0, 0.1) is 0 Å². The van der Waals surface area contributed by atoms with E-state index in [1.54, 1.807) is 11.8 Å². The fraction of sp³-hybridized carbons (Fsp3) is 0.529. The van der Waals surface area contributed by atoms with Crippen LogP contribution in [0.2, 0.25) is 0 Å². The third-order valence-corrected chi connectivity index (χ3v) is 7.30. The average molecular weight is 409 g/mol. The van der Waals surface area contributed by atoms with Gasteiger partial charge in [0.05, 0.1) is 15.9 Å². The van der Waals surface area contributed by atoms with Gasteiger partial charge in [-0.15, -0.1) is 11.8 Å². The number of hydrogen-bond donors (Lipinski definition) is 2. The molecule has 144 valence electrons. The predicted octanol–water partition coefficient (Wildman–Crippen LogP) is 3.57. The monoisotopic (exact) mass is 408 g/mol. The van der Waals surface area contributed by atoms with Gasteiger partial charge in [0.15, 0.2) is 10.8 Å². The Hall–Kier alpha value is -1.91. The van der Waals surface area contributed by atoms with Gasteiger partial charge in [-0.3, -0.25) is 9.48 Å². The number of hydrogen-bond acceptors (Lipinski definition) is 7. The molecule has 0 aliphatic carbocycles. The van der Waals surface area contributed by atoms with Gasteiger partial charge in [-0.2, -0.15) is 5.10 Å². The van der Waals surface area contributed by atoms with E-state index in [-0.39, 0.29) is 22.9 Å². The molecule has 0 spiro atoms. The summed E-state index contributed by atoms with van der Waals surface area (Å²) in [5, 5.41) is 17.5. The van der Waals surface area contributed by atoms with Crippen molar-refractivity contribution in [2.45, 2.75) is 48.6 Å². The molecule has 2 N–H and O–H groups in total. The fourth-order valence-electron chi connectivity index (χ4n) is 3.56. The topological polar surface area (TPSA) is 106 Å². The van der Waals surface area contributed by atoms with Crippen molar-refractivity contribution in [1.82, 2.24) is 14.8 Å². The highest BCUT2D eigenvalue weighted by Gasteiger charge is 2.38. The highest BCUT2D eigenvalue weighted by atomic mass is 32.2. The Balaban J connectivity index is 1.90. The summed E-state index contributed by atoms with van der Waals surface area (Å²) < 4.78 is 8.29. The molecule has 4 heterocycles. The number of aromatic carboxylic acids is 1. The number of rotatable bonds is 4. The molecule has 1 unspecified atom stereocenters. The Bertz CT molecular complexity index is 901. The molecule has 2 aliphatic heterocycles. The number of carbonyl (C=O) groups excluding carboxylic acids is 1. The van der Waals surface area contributed by atoms with Crippen molar-refractivity contribution in [3.8, 4) is 11.4 Å². The minimum Gasteiger partial charge on any atom is -0.476 e. The maximum atomic E-state index is 11.9. The number of nitrogens with one attached hydrogen (secondary N) is 1. The average Bonchev–Trinajstić information content (AvgIpc) is 3.22. The summed E-state index contributed by atoms with van der Waals surface area (Å²) in [6.45, 7) is 4.76. The molecule has 0 saturated carbocycles. The first-order valence-corrected chi connectivity index (χ1v) is 10.6. The van der Waals surface area contributed by atoms with Gasteiger partial charge < -0.3 is 15.2 Å². The molecule has 2 aromatic heterocycles. The van der Waals surface area contributed by atoms with Crippen LogP contribution in [0.25, 0.3) is 11.4 Å². The lowest BCUT2D eigenvalue weighted by molar-refractivity contribution is -0.114. The van der Waals surface area contributed by atoms with Crippen molar-refractivity contribution in [1.29, 1.82) is 0 Å². The van der Waals surface area contributed by atoms with Crippen LogP contribution in [0.4, 0.5) is 5.13 Å². The Kier molecular flexibility index (Phi) is 4.95. The lowest BCUT2D eigenvalue weighted by Crippen LogP contribution is -2.22. The van der Waals surface area contributed by atoms with E-state index in [4.69, 9.17) is 4.74 Å². The van der Waals surface area contributed by atoms with Gasteiger partial charge in [-0.25, -0.2) is 9.78 Å². The quantitative estimate of drug-likeness (QED) is 0.796. The molecule has 8 nitrogen and oxygen atoms in total. The summed E-state index contributed by atoms with van der Waals surface area (Å²) in [4.78, 5) is 28.0. The van der Waals surface area contributed by atoms with Crippen LogP contribution >= 0.6 is 23.1 Å².